The van der Waals surface area contributed by atoms with Gasteiger partial charge in [0.25, 0.3) is 0 Å². The summed E-state index contributed by atoms with van der Waals surface area (Å²) in [4.78, 5) is 15.1. The predicted molar refractivity (Wildman–Crippen MR) is 127 cm³/mol. The number of carbonyl (C=O) groups excluding carboxylic acids is 1. The van der Waals surface area contributed by atoms with E-state index in [0.29, 0.717) is 10.6 Å². The van der Waals surface area contributed by atoms with E-state index in [1.165, 1.54) is 0 Å². The van der Waals surface area contributed by atoms with Crippen LogP contribution in [-0.4, -0.2) is 26.3 Å². The van der Waals surface area contributed by atoms with Crippen LogP contribution in [0.4, 0.5) is 5.69 Å². The molecule has 3 aromatic carbocycles. The SMILES string of the molecule is CC(C)N(C(=O)Cn1nc(-c2ccccc2)n(-c2ccccc2)c1=S)c1ccccc1. The Balaban J connectivity index is 1.77. The van der Waals surface area contributed by atoms with Crippen molar-refractivity contribution in [3.05, 3.63) is 95.8 Å². The maximum atomic E-state index is 13.3. The zero-order valence-electron chi connectivity index (χ0n) is 17.6. The third kappa shape index (κ3) is 4.34. The Morgan fingerprint density at radius 1 is 0.903 bits per heavy atom. The highest BCUT2D eigenvalue weighted by molar-refractivity contribution is 7.71. The summed E-state index contributed by atoms with van der Waals surface area (Å²) in [5.74, 6) is 0.648. The first-order chi connectivity index (χ1) is 15.1. The number of hydrogen-bond donors (Lipinski definition) is 0. The van der Waals surface area contributed by atoms with E-state index >= 15 is 0 Å². The fraction of sp³-hybridized carbons (Fsp3) is 0.160. The molecule has 4 aromatic rings. The highest BCUT2D eigenvalue weighted by Gasteiger charge is 2.22. The van der Waals surface area contributed by atoms with Crippen molar-refractivity contribution < 1.29 is 4.79 Å². The molecule has 0 saturated heterocycles. The lowest BCUT2D eigenvalue weighted by molar-refractivity contribution is -0.119. The first-order valence-electron chi connectivity index (χ1n) is 10.2. The van der Waals surface area contributed by atoms with Gasteiger partial charge in [-0.3, -0.25) is 9.36 Å². The average Bonchev–Trinajstić information content (AvgIpc) is 3.11. The fourth-order valence-electron chi connectivity index (χ4n) is 3.62. The summed E-state index contributed by atoms with van der Waals surface area (Å²) in [5, 5.41) is 4.76. The molecule has 0 saturated carbocycles. The average molecular weight is 429 g/mol. The van der Waals surface area contributed by atoms with E-state index in [4.69, 9.17) is 17.3 Å². The number of rotatable bonds is 6. The lowest BCUT2D eigenvalue weighted by Gasteiger charge is -2.26. The van der Waals surface area contributed by atoms with Gasteiger partial charge >= 0.3 is 0 Å². The Labute approximate surface area is 187 Å². The summed E-state index contributed by atoms with van der Waals surface area (Å²) in [5.41, 5.74) is 2.71. The van der Waals surface area contributed by atoms with E-state index < -0.39 is 0 Å². The second-order valence-electron chi connectivity index (χ2n) is 7.49. The molecule has 0 radical (unpaired) electrons. The topological polar surface area (TPSA) is 43.1 Å². The van der Waals surface area contributed by atoms with Gasteiger partial charge in [-0.2, -0.15) is 5.10 Å². The van der Waals surface area contributed by atoms with Crippen molar-refractivity contribution in [2.75, 3.05) is 4.90 Å². The van der Waals surface area contributed by atoms with E-state index in [1.54, 1.807) is 9.58 Å². The highest BCUT2D eigenvalue weighted by atomic mass is 32.1. The number of para-hydroxylation sites is 2. The van der Waals surface area contributed by atoms with Gasteiger partial charge in [-0.05, 0) is 50.3 Å². The Morgan fingerprint density at radius 2 is 1.45 bits per heavy atom. The molecule has 0 atom stereocenters. The Hall–Kier alpha value is -3.51. The standard InChI is InChI=1S/C25H24N4OS/c1-19(2)28(21-14-8-4-9-15-21)23(30)18-27-25(31)29(22-16-10-5-11-17-22)24(26-27)20-12-6-3-7-13-20/h3-17,19H,18H2,1-2H3. The number of benzene rings is 3. The van der Waals surface area contributed by atoms with E-state index in [2.05, 4.69) is 0 Å². The Morgan fingerprint density at radius 3 is 2.03 bits per heavy atom. The van der Waals surface area contributed by atoms with E-state index in [9.17, 15) is 4.79 Å². The molecule has 1 heterocycles. The molecule has 0 N–H and O–H groups in total. The van der Waals surface area contributed by atoms with Crippen molar-refractivity contribution in [3.8, 4) is 17.1 Å². The van der Waals surface area contributed by atoms with Crippen LogP contribution in [0, 0.1) is 4.77 Å². The van der Waals surface area contributed by atoms with Crippen LogP contribution in [0.3, 0.4) is 0 Å². The van der Waals surface area contributed by atoms with Gasteiger partial charge < -0.3 is 4.90 Å². The molecule has 31 heavy (non-hydrogen) atoms. The van der Waals surface area contributed by atoms with Crippen LogP contribution in [0.25, 0.3) is 17.1 Å². The molecule has 0 aliphatic carbocycles. The van der Waals surface area contributed by atoms with E-state index in [0.717, 1.165) is 16.9 Å². The third-order valence-electron chi connectivity index (χ3n) is 4.99. The van der Waals surface area contributed by atoms with Gasteiger partial charge in [0, 0.05) is 23.0 Å². The van der Waals surface area contributed by atoms with Crippen molar-refractivity contribution in [2.45, 2.75) is 26.4 Å². The Bertz CT molecular complexity index is 1210. The molecule has 1 amide bonds. The lowest BCUT2D eigenvalue weighted by atomic mass is 10.2. The second-order valence-corrected chi connectivity index (χ2v) is 7.86. The Kier molecular flexibility index (Phi) is 6.09. The molecule has 5 nitrogen and oxygen atoms in total. The predicted octanol–water partition coefficient (Wildman–Crippen LogP) is 5.51. The molecule has 6 heteroatoms. The van der Waals surface area contributed by atoms with Crippen LogP contribution in [0.1, 0.15) is 13.8 Å². The van der Waals surface area contributed by atoms with Crippen LogP contribution in [0.2, 0.25) is 0 Å². The summed E-state index contributed by atoms with van der Waals surface area (Å²) >= 11 is 5.77. The number of nitrogens with zero attached hydrogens (tertiary/aromatic N) is 4. The minimum Gasteiger partial charge on any atom is -0.308 e. The van der Waals surface area contributed by atoms with Gasteiger partial charge in [-0.15, -0.1) is 0 Å². The number of anilines is 1. The summed E-state index contributed by atoms with van der Waals surface area (Å²) in [6.07, 6.45) is 0. The van der Waals surface area contributed by atoms with Gasteiger partial charge in [0.05, 0.1) is 0 Å². The molecule has 0 aliphatic rings. The van der Waals surface area contributed by atoms with Crippen molar-refractivity contribution in [3.63, 3.8) is 0 Å². The maximum absolute atomic E-state index is 13.3. The van der Waals surface area contributed by atoms with Crippen molar-refractivity contribution in [1.82, 2.24) is 14.3 Å². The molecule has 0 spiro atoms. The summed E-state index contributed by atoms with van der Waals surface area (Å²) < 4.78 is 4.01. The monoisotopic (exact) mass is 428 g/mol. The molecule has 0 aliphatic heterocycles. The molecule has 1 aromatic heterocycles. The van der Waals surface area contributed by atoms with Crippen molar-refractivity contribution >= 4 is 23.8 Å². The molecule has 0 unspecified atom stereocenters. The van der Waals surface area contributed by atoms with E-state index in [1.807, 2.05) is 109 Å². The molecule has 156 valence electrons. The van der Waals surface area contributed by atoms with Crippen molar-refractivity contribution in [2.24, 2.45) is 0 Å². The number of hydrogen-bond acceptors (Lipinski definition) is 3. The number of amides is 1. The minimum absolute atomic E-state index is 0.00822. The van der Waals surface area contributed by atoms with Gasteiger partial charge in [-0.1, -0.05) is 66.7 Å². The smallest absolute Gasteiger partial charge is 0.249 e. The van der Waals surface area contributed by atoms with Crippen LogP contribution < -0.4 is 4.90 Å². The van der Waals surface area contributed by atoms with Crippen LogP contribution in [0.5, 0.6) is 0 Å². The highest BCUT2D eigenvalue weighted by Crippen LogP contribution is 2.23. The normalized spacial score (nSPS) is 10.9. The van der Waals surface area contributed by atoms with Gasteiger partial charge in [0.1, 0.15) is 6.54 Å². The first kappa shape index (κ1) is 20.8. The number of aromatic nitrogens is 3. The van der Waals surface area contributed by atoms with Gasteiger partial charge in [0.2, 0.25) is 10.7 Å². The number of carbonyl (C=O) groups is 1. The summed E-state index contributed by atoms with van der Waals surface area (Å²) in [6, 6.07) is 29.4. The molecule has 0 fully saturated rings. The first-order valence-corrected chi connectivity index (χ1v) is 10.6. The van der Waals surface area contributed by atoms with Gasteiger partial charge in [-0.25, -0.2) is 4.68 Å². The van der Waals surface area contributed by atoms with Crippen LogP contribution >= 0.6 is 12.2 Å². The fourth-order valence-corrected chi connectivity index (χ4v) is 3.91. The zero-order valence-corrected chi connectivity index (χ0v) is 18.4. The van der Waals surface area contributed by atoms with Crippen LogP contribution in [-0.2, 0) is 11.3 Å². The molecule has 4 rings (SSSR count). The molecule has 0 bridgehead atoms. The lowest BCUT2D eigenvalue weighted by Crippen LogP contribution is -2.39. The zero-order chi connectivity index (χ0) is 21.8. The summed E-state index contributed by atoms with van der Waals surface area (Å²) in [6.45, 7) is 4.07. The molecular weight excluding hydrogens is 404 g/mol. The van der Waals surface area contributed by atoms with E-state index in [-0.39, 0.29) is 18.5 Å². The van der Waals surface area contributed by atoms with Crippen LogP contribution in [0.15, 0.2) is 91.0 Å². The third-order valence-corrected chi connectivity index (χ3v) is 5.38. The summed E-state index contributed by atoms with van der Waals surface area (Å²) in [7, 11) is 0. The quantitative estimate of drug-likeness (QED) is 0.380. The second kappa shape index (κ2) is 9.10. The minimum atomic E-state index is -0.0605. The maximum Gasteiger partial charge on any atom is 0.249 e. The van der Waals surface area contributed by atoms with Crippen molar-refractivity contribution in [1.29, 1.82) is 0 Å². The van der Waals surface area contributed by atoms with Gasteiger partial charge in [0.15, 0.2) is 5.82 Å². The molecular formula is C25H24N4OS. The largest absolute Gasteiger partial charge is 0.308 e.